The first-order valence-electron chi connectivity index (χ1n) is 5.45. The van der Waals surface area contributed by atoms with Gasteiger partial charge in [-0.15, -0.1) is 5.10 Å². The lowest BCUT2D eigenvalue weighted by Gasteiger charge is -2.04. The van der Waals surface area contributed by atoms with Crippen LogP contribution in [0.15, 0.2) is 18.2 Å². The number of benzene rings is 1. The quantitative estimate of drug-likeness (QED) is 0.809. The second-order valence-electron chi connectivity index (χ2n) is 3.68. The van der Waals surface area contributed by atoms with Crippen LogP contribution < -0.4 is 5.32 Å². The molecule has 7 heteroatoms. The molecule has 0 atom stereocenters. The first kappa shape index (κ1) is 12.0. The molecule has 18 heavy (non-hydrogen) atoms. The van der Waals surface area contributed by atoms with Crippen LogP contribution >= 0.6 is 0 Å². The van der Waals surface area contributed by atoms with Crippen molar-refractivity contribution in [3.63, 3.8) is 0 Å². The molecule has 2 aromatic rings. The lowest BCUT2D eigenvalue weighted by molar-refractivity contribution is -0.121. The van der Waals surface area contributed by atoms with Gasteiger partial charge in [-0.25, -0.2) is 9.48 Å². The molecule has 1 aromatic carbocycles. The van der Waals surface area contributed by atoms with E-state index in [9.17, 15) is 9.59 Å². The highest BCUT2D eigenvalue weighted by molar-refractivity contribution is 6.01. The normalized spacial score (nSPS) is 10.5. The van der Waals surface area contributed by atoms with Crippen molar-refractivity contribution in [1.29, 1.82) is 0 Å². The van der Waals surface area contributed by atoms with Crippen LogP contribution in [0.3, 0.4) is 0 Å². The van der Waals surface area contributed by atoms with Crippen molar-refractivity contribution in [3.05, 3.63) is 23.8 Å². The molecule has 1 amide bonds. The second-order valence-corrected chi connectivity index (χ2v) is 3.68. The molecule has 0 bridgehead atoms. The van der Waals surface area contributed by atoms with Gasteiger partial charge in [0.2, 0.25) is 5.91 Å². The summed E-state index contributed by atoms with van der Waals surface area (Å²) in [5.74, 6) is -1.30. The summed E-state index contributed by atoms with van der Waals surface area (Å²) in [5.41, 5.74) is 0.900. The molecule has 7 nitrogen and oxygen atoms in total. The minimum atomic E-state index is -1.07. The summed E-state index contributed by atoms with van der Waals surface area (Å²) < 4.78 is 1.30. The number of likely N-dealkylation sites (N-methyl/N-ethyl adjacent to an activating group) is 1. The maximum atomic E-state index is 11.5. The van der Waals surface area contributed by atoms with E-state index in [1.54, 1.807) is 19.1 Å². The van der Waals surface area contributed by atoms with Crippen LogP contribution in [-0.4, -0.2) is 38.5 Å². The number of aromatic nitrogens is 3. The number of para-hydroxylation sites is 1. The van der Waals surface area contributed by atoms with Gasteiger partial charge in [0.25, 0.3) is 0 Å². The molecular formula is C11H12N4O3. The van der Waals surface area contributed by atoms with Crippen molar-refractivity contribution < 1.29 is 14.7 Å². The third-order valence-electron chi connectivity index (χ3n) is 2.43. The number of rotatable bonds is 4. The van der Waals surface area contributed by atoms with Crippen molar-refractivity contribution in [3.8, 4) is 0 Å². The summed E-state index contributed by atoms with van der Waals surface area (Å²) in [7, 11) is 0. The Kier molecular flexibility index (Phi) is 3.22. The van der Waals surface area contributed by atoms with Gasteiger partial charge in [0, 0.05) is 6.54 Å². The zero-order valence-electron chi connectivity index (χ0n) is 9.75. The van der Waals surface area contributed by atoms with E-state index < -0.39 is 5.97 Å². The first-order valence-corrected chi connectivity index (χ1v) is 5.45. The molecule has 0 saturated heterocycles. The number of carboxylic acids is 1. The average Bonchev–Trinajstić information content (AvgIpc) is 2.72. The standard InChI is InChI=1S/C11H12N4O3/c1-2-12-9(16)6-15-10-7(11(17)18)4-3-5-8(10)13-14-15/h3-5H,2,6H2,1H3,(H,12,16)(H,17,18). The number of nitrogens with one attached hydrogen (secondary N) is 1. The molecule has 0 saturated carbocycles. The van der Waals surface area contributed by atoms with E-state index in [1.807, 2.05) is 0 Å². The summed E-state index contributed by atoms with van der Waals surface area (Å²) in [6, 6.07) is 4.71. The van der Waals surface area contributed by atoms with Gasteiger partial charge in [-0.2, -0.15) is 0 Å². The number of carbonyl (C=O) groups excluding carboxylic acids is 1. The van der Waals surface area contributed by atoms with Crippen LogP contribution in [0.25, 0.3) is 11.0 Å². The van der Waals surface area contributed by atoms with Gasteiger partial charge < -0.3 is 10.4 Å². The molecule has 1 aromatic heterocycles. The van der Waals surface area contributed by atoms with Crippen molar-refractivity contribution in [2.45, 2.75) is 13.5 Å². The topological polar surface area (TPSA) is 97.1 Å². The molecule has 0 unspecified atom stereocenters. The van der Waals surface area contributed by atoms with Crippen LogP contribution in [-0.2, 0) is 11.3 Å². The molecule has 0 aliphatic carbocycles. The molecule has 1 heterocycles. The number of fused-ring (bicyclic) bond motifs is 1. The molecular weight excluding hydrogens is 236 g/mol. The highest BCUT2D eigenvalue weighted by atomic mass is 16.4. The monoisotopic (exact) mass is 248 g/mol. The number of carboxylic acid groups (broad SMARTS) is 1. The Hall–Kier alpha value is -2.44. The maximum absolute atomic E-state index is 11.5. The van der Waals surface area contributed by atoms with Gasteiger partial charge >= 0.3 is 5.97 Å². The van der Waals surface area contributed by atoms with Gasteiger partial charge in [-0.05, 0) is 19.1 Å². The van der Waals surface area contributed by atoms with E-state index in [4.69, 9.17) is 5.11 Å². The summed E-state index contributed by atoms with van der Waals surface area (Å²) in [4.78, 5) is 22.6. The number of hydrogen-bond donors (Lipinski definition) is 2. The van der Waals surface area contributed by atoms with E-state index in [-0.39, 0.29) is 18.0 Å². The fourth-order valence-corrected chi connectivity index (χ4v) is 1.70. The maximum Gasteiger partial charge on any atom is 0.337 e. The van der Waals surface area contributed by atoms with Crippen LogP contribution in [0.4, 0.5) is 0 Å². The van der Waals surface area contributed by atoms with Gasteiger partial charge in [-0.1, -0.05) is 11.3 Å². The summed E-state index contributed by atoms with van der Waals surface area (Å²) in [6.45, 7) is 2.27. The molecule has 2 N–H and O–H groups in total. The number of hydrogen-bond acceptors (Lipinski definition) is 4. The lowest BCUT2D eigenvalue weighted by atomic mass is 10.2. The highest BCUT2D eigenvalue weighted by Gasteiger charge is 2.15. The molecule has 94 valence electrons. The van der Waals surface area contributed by atoms with E-state index in [0.717, 1.165) is 0 Å². The lowest BCUT2D eigenvalue weighted by Crippen LogP contribution is -2.27. The minimum Gasteiger partial charge on any atom is -0.478 e. The van der Waals surface area contributed by atoms with Crippen molar-refractivity contribution in [2.75, 3.05) is 6.54 Å². The highest BCUT2D eigenvalue weighted by Crippen LogP contribution is 2.16. The van der Waals surface area contributed by atoms with Crippen molar-refractivity contribution in [2.24, 2.45) is 0 Å². The molecule has 2 rings (SSSR count). The fourth-order valence-electron chi connectivity index (χ4n) is 1.70. The molecule has 0 radical (unpaired) electrons. The number of nitrogens with zero attached hydrogens (tertiary/aromatic N) is 3. The molecule has 0 spiro atoms. The summed E-state index contributed by atoms with van der Waals surface area (Å²) >= 11 is 0. The van der Waals surface area contributed by atoms with Gasteiger partial charge in [0.1, 0.15) is 17.6 Å². The molecule has 0 aliphatic heterocycles. The van der Waals surface area contributed by atoms with Crippen LogP contribution in [0, 0.1) is 0 Å². The first-order chi connectivity index (χ1) is 8.63. The Labute approximate surface area is 102 Å². The number of aromatic carboxylic acids is 1. The summed E-state index contributed by atoms with van der Waals surface area (Å²) in [5, 5.41) is 19.4. The van der Waals surface area contributed by atoms with Gasteiger partial charge in [-0.3, -0.25) is 4.79 Å². The number of carbonyl (C=O) groups is 2. The third kappa shape index (κ3) is 2.15. The SMILES string of the molecule is CCNC(=O)Cn1nnc2cccc(C(=O)O)c21. The Balaban J connectivity index is 2.45. The predicted molar refractivity (Wildman–Crippen MR) is 63.2 cm³/mol. The Morgan fingerprint density at radius 3 is 2.89 bits per heavy atom. The predicted octanol–water partition coefficient (Wildman–Crippen LogP) is 0.266. The second kappa shape index (κ2) is 4.82. The van der Waals surface area contributed by atoms with Crippen LogP contribution in [0.2, 0.25) is 0 Å². The Bertz CT molecular complexity index is 605. The van der Waals surface area contributed by atoms with Crippen molar-refractivity contribution >= 4 is 22.9 Å². The minimum absolute atomic E-state index is 0.0470. The molecule has 0 fully saturated rings. The fraction of sp³-hybridized carbons (Fsp3) is 0.273. The Morgan fingerprint density at radius 1 is 1.44 bits per heavy atom. The van der Waals surface area contributed by atoms with E-state index in [1.165, 1.54) is 10.7 Å². The van der Waals surface area contributed by atoms with E-state index in [2.05, 4.69) is 15.6 Å². The van der Waals surface area contributed by atoms with E-state index in [0.29, 0.717) is 17.6 Å². The third-order valence-corrected chi connectivity index (χ3v) is 2.43. The molecule has 0 aliphatic rings. The Morgan fingerprint density at radius 2 is 2.22 bits per heavy atom. The van der Waals surface area contributed by atoms with Gasteiger partial charge in [0.05, 0.1) is 5.56 Å². The zero-order chi connectivity index (χ0) is 13.1. The summed E-state index contributed by atoms with van der Waals surface area (Å²) in [6.07, 6.45) is 0. The largest absolute Gasteiger partial charge is 0.478 e. The van der Waals surface area contributed by atoms with Crippen LogP contribution in [0.1, 0.15) is 17.3 Å². The van der Waals surface area contributed by atoms with E-state index >= 15 is 0 Å². The smallest absolute Gasteiger partial charge is 0.337 e. The number of amides is 1. The van der Waals surface area contributed by atoms with Gasteiger partial charge in [0.15, 0.2) is 0 Å². The van der Waals surface area contributed by atoms with Crippen molar-refractivity contribution in [1.82, 2.24) is 20.3 Å². The average molecular weight is 248 g/mol. The van der Waals surface area contributed by atoms with Crippen LogP contribution in [0.5, 0.6) is 0 Å². The zero-order valence-corrected chi connectivity index (χ0v) is 9.75.